The van der Waals surface area contributed by atoms with Crippen LogP contribution in [0.5, 0.6) is 0 Å². The Morgan fingerprint density at radius 3 is 2.57 bits per heavy atom. The van der Waals surface area contributed by atoms with Gasteiger partial charge in [0.25, 0.3) is 0 Å². The van der Waals surface area contributed by atoms with E-state index in [1.807, 2.05) is 40.9 Å². The van der Waals surface area contributed by atoms with Gasteiger partial charge in [-0.05, 0) is 18.6 Å². The molecule has 0 aliphatic carbocycles. The molecule has 2 aromatic rings. The van der Waals surface area contributed by atoms with Gasteiger partial charge in [-0.15, -0.1) is 9.36 Å². The molecule has 3 heteroatoms. The average Bonchev–Trinajstić information content (AvgIpc) is 2.46. The molecule has 1 aromatic carbocycles. The number of hydrogen-bond donors (Lipinski definition) is 0. The lowest BCUT2D eigenvalue weighted by atomic mass is 10.2. The molecule has 0 radical (unpaired) electrons. The molecule has 0 unspecified atom stereocenters. The van der Waals surface area contributed by atoms with Crippen molar-refractivity contribution < 1.29 is 4.68 Å². The summed E-state index contributed by atoms with van der Waals surface area (Å²) in [6, 6.07) is 8.22. The Labute approximate surface area is 88.3 Å². The van der Waals surface area contributed by atoms with Gasteiger partial charge in [0.2, 0.25) is 6.20 Å². The normalized spacial score (nSPS) is 10.5. The number of aromatic nitrogens is 2. The van der Waals surface area contributed by atoms with Crippen LogP contribution in [0.1, 0.15) is 5.56 Å². The minimum Gasteiger partial charge on any atom is -0.127 e. The first-order valence-electron chi connectivity index (χ1n) is 4.48. The quantitative estimate of drug-likeness (QED) is 0.635. The monoisotopic (exact) mass is 207 g/mol. The van der Waals surface area contributed by atoms with E-state index in [4.69, 9.17) is 11.6 Å². The summed E-state index contributed by atoms with van der Waals surface area (Å²) in [6.45, 7) is 2.09. The van der Waals surface area contributed by atoms with Crippen molar-refractivity contribution in [1.82, 2.24) is 4.68 Å². The van der Waals surface area contributed by atoms with Crippen molar-refractivity contribution >= 4 is 11.6 Å². The summed E-state index contributed by atoms with van der Waals surface area (Å²) in [5.41, 5.74) is 2.39. The zero-order chi connectivity index (χ0) is 10.1. The second kappa shape index (κ2) is 3.46. The van der Waals surface area contributed by atoms with Gasteiger partial charge >= 0.3 is 0 Å². The molecule has 0 N–H and O–H groups in total. The Hall–Kier alpha value is -1.28. The lowest BCUT2D eigenvalue weighted by Gasteiger charge is -2.02. The highest BCUT2D eigenvalue weighted by atomic mass is 35.5. The van der Waals surface area contributed by atoms with Gasteiger partial charge in [-0.1, -0.05) is 29.8 Å². The molecule has 0 atom stereocenters. The van der Waals surface area contributed by atoms with Crippen LogP contribution in [-0.4, -0.2) is 4.68 Å². The Balaban J connectivity index is 2.60. The van der Waals surface area contributed by atoms with Crippen LogP contribution in [0.15, 0.2) is 36.7 Å². The molecule has 0 saturated carbocycles. The van der Waals surface area contributed by atoms with Gasteiger partial charge in [-0.2, -0.15) is 0 Å². The van der Waals surface area contributed by atoms with Crippen LogP contribution in [0.2, 0.25) is 5.02 Å². The largest absolute Gasteiger partial charge is 0.214 e. The molecule has 0 bridgehead atoms. The molecule has 0 amide bonds. The summed E-state index contributed by atoms with van der Waals surface area (Å²) in [7, 11) is 1.97. The van der Waals surface area contributed by atoms with Gasteiger partial charge in [-0.25, -0.2) is 0 Å². The molecule has 14 heavy (non-hydrogen) atoms. The summed E-state index contributed by atoms with van der Waals surface area (Å²) < 4.78 is 3.99. The summed E-state index contributed by atoms with van der Waals surface area (Å²) in [6.07, 6.45) is 3.79. The van der Waals surface area contributed by atoms with Crippen molar-refractivity contribution in [1.29, 1.82) is 0 Å². The van der Waals surface area contributed by atoms with Gasteiger partial charge in [0, 0.05) is 0 Å². The third-order valence-electron chi connectivity index (χ3n) is 2.26. The number of para-hydroxylation sites is 1. The Bertz CT molecular complexity index is 460. The van der Waals surface area contributed by atoms with Gasteiger partial charge in [-0.3, -0.25) is 0 Å². The first-order valence-corrected chi connectivity index (χ1v) is 4.86. The first kappa shape index (κ1) is 9.28. The van der Waals surface area contributed by atoms with Crippen LogP contribution in [0.3, 0.4) is 0 Å². The maximum Gasteiger partial charge on any atom is 0.214 e. The minimum absolute atomic E-state index is 0.746. The lowest BCUT2D eigenvalue weighted by molar-refractivity contribution is -0.744. The zero-order valence-corrected chi connectivity index (χ0v) is 8.99. The Kier molecular flexibility index (Phi) is 2.30. The molecule has 2 rings (SSSR count). The van der Waals surface area contributed by atoms with Crippen LogP contribution >= 0.6 is 11.6 Å². The smallest absolute Gasteiger partial charge is 0.127 e. The third kappa shape index (κ3) is 1.53. The Morgan fingerprint density at radius 2 is 2.00 bits per heavy atom. The fourth-order valence-electron chi connectivity index (χ4n) is 1.54. The number of hydrogen-bond acceptors (Lipinski definition) is 0. The van der Waals surface area contributed by atoms with E-state index in [0.717, 1.165) is 10.7 Å². The van der Waals surface area contributed by atoms with Gasteiger partial charge in [0.1, 0.15) is 10.7 Å². The summed E-state index contributed by atoms with van der Waals surface area (Å²) in [4.78, 5) is 0. The van der Waals surface area contributed by atoms with Crippen molar-refractivity contribution in [2.75, 3.05) is 0 Å². The number of rotatable bonds is 1. The number of halogens is 1. The van der Waals surface area contributed by atoms with E-state index < -0.39 is 0 Å². The maximum atomic E-state index is 5.93. The molecule has 0 aliphatic heterocycles. The van der Waals surface area contributed by atoms with Gasteiger partial charge in [0.05, 0.1) is 6.20 Å². The van der Waals surface area contributed by atoms with Crippen LogP contribution < -0.4 is 4.68 Å². The molecule has 72 valence electrons. The fraction of sp³-hybridized carbons (Fsp3) is 0.182. The van der Waals surface area contributed by atoms with Crippen molar-refractivity contribution in [2.24, 2.45) is 7.05 Å². The highest BCUT2D eigenvalue weighted by Gasteiger charge is 2.10. The molecule has 0 spiro atoms. The predicted molar refractivity (Wildman–Crippen MR) is 56.7 cm³/mol. The first-order chi connectivity index (χ1) is 6.68. The molecular formula is C11H12ClN2+. The lowest BCUT2D eigenvalue weighted by Crippen LogP contribution is -2.36. The molecule has 1 heterocycles. The topological polar surface area (TPSA) is 8.81 Å². The van der Waals surface area contributed by atoms with Crippen molar-refractivity contribution in [3.63, 3.8) is 0 Å². The second-order valence-electron chi connectivity index (χ2n) is 3.35. The van der Waals surface area contributed by atoms with E-state index in [1.165, 1.54) is 5.56 Å². The SMILES string of the molecule is Cc1ccccc1-n1cc(Cl)c[n+]1C. The molecule has 0 aliphatic rings. The van der Waals surface area contributed by atoms with Crippen molar-refractivity contribution in [3.05, 3.63) is 47.2 Å². The third-order valence-corrected chi connectivity index (χ3v) is 2.45. The number of aryl methyl sites for hydroxylation is 2. The van der Waals surface area contributed by atoms with Crippen LogP contribution in [0.25, 0.3) is 5.69 Å². The highest BCUT2D eigenvalue weighted by Crippen LogP contribution is 2.13. The predicted octanol–water partition coefficient (Wildman–Crippen LogP) is 2.26. The van der Waals surface area contributed by atoms with Crippen LogP contribution in [0, 0.1) is 6.92 Å². The number of benzene rings is 1. The minimum atomic E-state index is 0.746. The summed E-state index contributed by atoms with van der Waals surface area (Å²) in [5, 5.41) is 0.746. The Morgan fingerprint density at radius 1 is 1.29 bits per heavy atom. The molecule has 0 saturated heterocycles. The summed E-state index contributed by atoms with van der Waals surface area (Å²) in [5.74, 6) is 0. The van der Waals surface area contributed by atoms with E-state index >= 15 is 0 Å². The van der Waals surface area contributed by atoms with Crippen LogP contribution in [0.4, 0.5) is 0 Å². The zero-order valence-electron chi connectivity index (χ0n) is 8.24. The fourth-order valence-corrected chi connectivity index (χ4v) is 1.78. The average molecular weight is 208 g/mol. The molecule has 0 fully saturated rings. The van der Waals surface area contributed by atoms with E-state index in [0.29, 0.717) is 0 Å². The second-order valence-corrected chi connectivity index (χ2v) is 3.78. The standard InChI is InChI=1S/C11H12ClN2/c1-9-5-3-4-6-11(9)14-8-10(12)7-13(14)2/h3-8H,1-2H3/q+1. The van der Waals surface area contributed by atoms with E-state index in [1.54, 1.807) is 0 Å². The summed E-state index contributed by atoms with van der Waals surface area (Å²) >= 11 is 5.93. The number of nitrogens with zero attached hydrogens (tertiary/aromatic N) is 2. The van der Waals surface area contributed by atoms with E-state index in [9.17, 15) is 0 Å². The van der Waals surface area contributed by atoms with Crippen LogP contribution in [-0.2, 0) is 7.05 Å². The van der Waals surface area contributed by atoms with Gasteiger partial charge < -0.3 is 0 Å². The molecule has 2 nitrogen and oxygen atoms in total. The maximum absolute atomic E-state index is 5.93. The molecule has 1 aromatic heterocycles. The van der Waals surface area contributed by atoms with E-state index in [-0.39, 0.29) is 0 Å². The van der Waals surface area contributed by atoms with Gasteiger partial charge in [0.15, 0.2) is 7.05 Å². The van der Waals surface area contributed by atoms with E-state index in [2.05, 4.69) is 19.1 Å². The highest BCUT2D eigenvalue weighted by molar-refractivity contribution is 6.30. The van der Waals surface area contributed by atoms with Crippen molar-refractivity contribution in [3.8, 4) is 5.69 Å². The van der Waals surface area contributed by atoms with Crippen molar-refractivity contribution in [2.45, 2.75) is 6.92 Å². The molecular weight excluding hydrogens is 196 g/mol.